The van der Waals surface area contributed by atoms with Gasteiger partial charge in [-0.25, -0.2) is 4.79 Å². The molecule has 88 valence electrons. The summed E-state index contributed by atoms with van der Waals surface area (Å²) in [6.07, 6.45) is 5.79. The highest BCUT2D eigenvalue weighted by atomic mass is 16.6. The number of hydrogen-bond donors (Lipinski definition) is 0. The van der Waals surface area contributed by atoms with Crippen LogP contribution in [-0.4, -0.2) is 25.3 Å². The van der Waals surface area contributed by atoms with Gasteiger partial charge in [0.05, 0.1) is 6.61 Å². The minimum Gasteiger partial charge on any atom is -0.459 e. The summed E-state index contributed by atoms with van der Waals surface area (Å²) in [5.41, 5.74) is 2.59. The molecule has 1 saturated heterocycles. The van der Waals surface area contributed by atoms with E-state index < -0.39 is 0 Å². The summed E-state index contributed by atoms with van der Waals surface area (Å²) in [6.45, 7) is 3.32. The fraction of sp³-hybridized carbons (Fsp3) is 0.769. The average Bonchev–Trinajstić information content (AvgIpc) is 3.14. The van der Waals surface area contributed by atoms with E-state index in [0.29, 0.717) is 6.61 Å². The first-order valence-corrected chi connectivity index (χ1v) is 6.26. The zero-order valence-electron chi connectivity index (χ0n) is 9.75. The van der Waals surface area contributed by atoms with Gasteiger partial charge in [0.25, 0.3) is 0 Å². The number of rotatable bonds is 4. The van der Waals surface area contributed by atoms with Gasteiger partial charge in [0.2, 0.25) is 0 Å². The van der Waals surface area contributed by atoms with E-state index in [1.165, 1.54) is 24.8 Å². The lowest BCUT2D eigenvalue weighted by Gasteiger charge is -2.12. The van der Waals surface area contributed by atoms with Crippen LogP contribution in [0.5, 0.6) is 0 Å². The standard InChI is InChI=1S/C13H18O3/c1-2-9-3-4-13(5-6-13)11(9)12(14)16-8-10-7-15-10/h10H,2-8H2,1H3. The summed E-state index contributed by atoms with van der Waals surface area (Å²) in [4.78, 5) is 12.1. The zero-order valence-corrected chi connectivity index (χ0v) is 9.75. The molecule has 0 aromatic heterocycles. The van der Waals surface area contributed by atoms with Gasteiger partial charge in [-0.1, -0.05) is 12.5 Å². The quantitative estimate of drug-likeness (QED) is 0.540. The molecule has 1 saturated carbocycles. The number of epoxide rings is 1. The largest absolute Gasteiger partial charge is 0.459 e. The lowest BCUT2D eigenvalue weighted by atomic mass is 9.97. The molecule has 2 aliphatic carbocycles. The van der Waals surface area contributed by atoms with Crippen LogP contribution >= 0.6 is 0 Å². The van der Waals surface area contributed by atoms with Gasteiger partial charge in [-0.15, -0.1) is 0 Å². The van der Waals surface area contributed by atoms with E-state index in [-0.39, 0.29) is 17.5 Å². The van der Waals surface area contributed by atoms with Crippen molar-refractivity contribution < 1.29 is 14.3 Å². The summed E-state index contributed by atoms with van der Waals surface area (Å²) < 4.78 is 10.4. The Kier molecular flexibility index (Phi) is 2.32. The number of hydrogen-bond acceptors (Lipinski definition) is 3. The molecule has 0 aromatic carbocycles. The van der Waals surface area contributed by atoms with E-state index in [4.69, 9.17) is 9.47 Å². The Labute approximate surface area is 95.8 Å². The Balaban J connectivity index is 1.71. The highest BCUT2D eigenvalue weighted by Crippen LogP contribution is 2.61. The molecule has 0 N–H and O–H groups in total. The van der Waals surface area contributed by atoms with Crippen LogP contribution in [0, 0.1) is 5.41 Å². The van der Waals surface area contributed by atoms with Gasteiger partial charge in [-0.3, -0.25) is 0 Å². The van der Waals surface area contributed by atoms with Crippen LogP contribution in [0.1, 0.15) is 39.0 Å². The predicted octanol–water partition coefficient (Wildman–Crippen LogP) is 2.21. The Morgan fingerprint density at radius 2 is 2.25 bits per heavy atom. The van der Waals surface area contributed by atoms with Crippen LogP contribution in [0.25, 0.3) is 0 Å². The van der Waals surface area contributed by atoms with E-state index in [9.17, 15) is 4.79 Å². The summed E-state index contributed by atoms with van der Waals surface area (Å²) >= 11 is 0. The second-order valence-electron chi connectivity index (χ2n) is 5.17. The molecule has 0 aromatic rings. The third kappa shape index (κ3) is 1.67. The van der Waals surface area contributed by atoms with Gasteiger partial charge in [0, 0.05) is 11.0 Å². The van der Waals surface area contributed by atoms with Crippen LogP contribution in [0.15, 0.2) is 11.1 Å². The highest BCUT2D eigenvalue weighted by molar-refractivity contribution is 5.92. The topological polar surface area (TPSA) is 38.8 Å². The van der Waals surface area contributed by atoms with Crippen molar-refractivity contribution in [3.05, 3.63) is 11.1 Å². The summed E-state index contributed by atoms with van der Waals surface area (Å²) in [5.74, 6) is -0.0673. The third-order valence-electron chi connectivity index (χ3n) is 4.08. The molecule has 3 heteroatoms. The molecule has 0 bridgehead atoms. The van der Waals surface area contributed by atoms with Gasteiger partial charge in [-0.05, 0) is 32.1 Å². The Hall–Kier alpha value is -0.830. The van der Waals surface area contributed by atoms with E-state index in [0.717, 1.165) is 25.0 Å². The summed E-state index contributed by atoms with van der Waals surface area (Å²) in [7, 11) is 0. The van der Waals surface area contributed by atoms with Crippen LogP contribution in [-0.2, 0) is 14.3 Å². The number of carbonyl (C=O) groups is 1. The summed E-state index contributed by atoms with van der Waals surface area (Å²) in [5, 5.41) is 0. The van der Waals surface area contributed by atoms with Crippen molar-refractivity contribution in [3.63, 3.8) is 0 Å². The Bertz CT molecular complexity index is 348. The van der Waals surface area contributed by atoms with E-state index in [1.54, 1.807) is 0 Å². The number of allylic oxidation sites excluding steroid dienone is 1. The molecule has 1 aliphatic heterocycles. The first kappa shape index (κ1) is 10.3. The van der Waals surface area contributed by atoms with E-state index in [2.05, 4.69) is 6.92 Å². The first-order chi connectivity index (χ1) is 7.75. The maximum atomic E-state index is 12.1. The third-order valence-corrected chi connectivity index (χ3v) is 4.08. The molecule has 16 heavy (non-hydrogen) atoms. The van der Waals surface area contributed by atoms with Gasteiger partial charge >= 0.3 is 5.97 Å². The maximum absolute atomic E-state index is 12.1. The Morgan fingerprint density at radius 1 is 1.50 bits per heavy atom. The van der Waals surface area contributed by atoms with Crippen molar-refractivity contribution in [1.29, 1.82) is 0 Å². The molecule has 1 atom stereocenters. The van der Waals surface area contributed by atoms with Gasteiger partial charge < -0.3 is 9.47 Å². The minimum atomic E-state index is -0.0673. The maximum Gasteiger partial charge on any atom is 0.334 e. The van der Waals surface area contributed by atoms with Crippen molar-refractivity contribution in [3.8, 4) is 0 Å². The molecule has 0 radical (unpaired) electrons. The second kappa shape index (κ2) is 3.59. The fourth-order valence-electron chi connectivity index (χ4n) is 2.79. The average molecular weight is 222 g/mol. The molecule has 3 aliphatic rings. The van der Waals surface area contributed by atoms with Crippen LogP contribution in [0.4, 0.5) is 0 Å². The number of carbonyl (C=O) groups excluding carboxylic acids is 1. The number of ether oxygens (including phenoxy) is 2. The van der Waals surface area contributed by atoms with Crippen molar-refractivity contribution in [2.75, 3.05) is 13.2 Å². The number of esters is 1. The monoisotopic (exact) mass is 222 g/mol. The van der Waals surface area contributed by atoms with Crippen LogP contribution in [0.3, 0.4) is 0 Å². The first-order valence-electron chi connectivity index (χ1n) is 6.26. The molecule has 3 rings (SSSR count). The highest BCUT2D eigenvalue weighted by Gasteiger charge is 2.53. The second-order valence-corrected chi connectivity index (χ2v) is 5.17. The smallest absolute Gasteiger partial charge is 0.334 e. The zero-order chi connectivity index (χ0) is 11.2. The van der Waals surface area contributed by atoms with Crippen LogP contribution < -0.4 is 0 Å². The van der Waals surface area contributed by atoms with Crippen molar-refractivity contribution in [1.82, 2.24) is 0 Å². The lowest BCUT2D eigenvalue weighted by Crippen LogP contribution is -2.17. The fourth-order valence-corrected chi connectivity index (χ4v) is 2.79. The predicted molar refractivity (Wildman–Crippen MR) is 58.9 cm³/mol. The minimum absolute atomic E-state index is 0.0673. The molecule has 0 amide bonds. The van der Waals surface area contributed by atoms with Crippen molar-refractivity contribution >= 4 is 5.97 Å². The van der Waals surface area contributed by atoms with Crippen LogP contribution in [0.2, 0.25) is 0 Å². The molecule has 1 spiro atoms. The van der Waals surface area contributed by atoms with Crippen molar-refractivity contribution in [2.24, 2.45) is 5.41 Å². The Morgan fingerprint density at radius 3 is 2.81 bits per heavy atom. The SMILES string of the molecule is CCC1=C(C(=O)OCC2CO2)C2(CC1)CC2. The lowest BCUT2D eigenvalue weighted by molar-refractivity contribution is -0.140. The van der Waals surface area contributed by atoms with E-state index >= 15 is 0 Å². The van der Waals surface area contributed by atoms with E-state index in [1.807, 2.05) is 0 Å². The molecular formula is C13H18O3. The summed E-state index contributed by atoms with van der Waals surface area (Å²) in [6, 6.07) is 0. The molecule has 3 nitrogen and oxygen atoms in total. The van der Waals surface area contributed by atoms with Gasteiger partial charge in [0.15, 0.2) is 0 Å². The molecule has 2 fully saturated rings. The van der Waals surface area contributed by atoms with Crippen molar-refractivity contribution in [2.45, 2.75) is 45.1 Å². The normalized spacial score (nSPS) is 29.7. The molecule has 1 heterocycles. The molecular weight excluding hydrogens is 204 g/mol. The van der Waals surface area contributed by atoms with Gasteiger partial charge in [0.1, 0.15) is 12.7 Å². The molecule has 1 unspecified atom stereocenters. The van der Waals surface area contributed by atoms with Gasteiger partial charge in [-0.2, -0.15) is 0 Å².